The van der Waals surface area contributed by atoms with Gasteiger partial charge in [0.2, 0.25) is 11.7 Å². The minimum Gasteiger partial charge on any atom is -0.485 e. The van der Waals surface area contributed by atoms with E-state index in [1.807, 2.05) is 18.2 Å². The fraction of sp³-hybridized carbons (Fsp3) is 0.429. The monoisotopic (exact) mass is 355 g/mol. The second-order valence-corrected chi connectivity index (χ2v) is 5.30. The fourth-order valence-corrected chi connectivity index (χ4v) is 2.11. The molecule has 6 nitrogen and oxygen atoms in total. The molecule has 1 heterocycles. The van der Waals surface area contributed by atoms with Gasteiger partial charge in [0.25, 0.3) is 0 Å². The van der Waals surface area contributed by atoms with Gasteiger partial charge in [-0.2, -0.15) is 4.98 Å². The van der Waals surface area contributed by atoms with Crippen molar-refractivity contribution in [3.05, 3.63) is 40.0 Å². The van der Waals surface area contributed by atoms with Crippen molar-refractivity contribution in [3.8, 4) is 5.75 Å². The molecule has 21 heavy (non-hydrogen) atoms. The standard InChI is InChI=1S/C14H18BrN3O3/c1-10-17-14(18-21-10)9-20-12-3-4-13(15)11(7-12)8-16-5-6-19-2/h3-4,7,16H,5-6,8-9H2,1-2H3. The van der Waals surface area contributed by atoms with Gasteiger partial charge in [0.1, 0.15) is 5.75 Å². The van der Waals surface area contributed by atoms with Gasteiger partial charge in [0.15, 0.2) is 6.61 Å². The zero-order chi connectivity index (χ0) is 15.1. The van der Waals surface area contributed by atoms with Gasteiger partial charge in [-0.05, 0) is 23.8 Å². The van der Waals surface area contributed by atoms with Gasteiger partial charge < -0.3 is 19.3 Å². The predicted octanol–water partition coefficient (Wildman–Crippen LogP) is 2.46. The SMILES string of the molecule is COCCNCc1cc(OCc2noc(C)n2)ccc1Br. The topological polar surface area (TPSA) is 69.4 Å². The Hall–Kier alpha value is -1.44. The highest BCUT2D eigenvalue weighted by molar-refractivity contribution is 9.10. The van der Waals surface area contributed by atoms with Gasteiger partial charge in [-0.1, -0.05) is 21.1 Å². The first-order chi connectivity index (χ1) is 10.2. The van der Waals surface area contributed by atoms with Crippen LogP contribution < -0.4 is 10.1 Å². The zero-order valence-electron chi connectivity index (χ0n) is 12.1. The molecule has 1 N–H and O–H groups in total. The van der Waals surface area contributed by atoms with Crippen LogP contribution in [0.5, 0.6) is 5.75 Å². The number of aromatic nitrogens is 2. The molecule has 0 bridgehead atoms. The molecule has 0 spiro atoms. The number of nitrogens with zero attached hydrogens (tertiary/aromatic N) is 2. The Bertz CT molecular complexity index is 574. The molecule has 0 saturated carbocycles. The van der Waals surface area contributed by atoms with Crippen molar-refractivity contribution in [2.24, 2.45) is 0 Å². The highest BCUT2D eigenvalue weighted by Crippen LogP contribution is 2.23. The Kier molecular flexibility index (Phi) is 6.16. The minimum absolute atomic E-state index is 0.287. The lowest BCUT2D eigenvalue weighted by Gasteiger charge is -2.09. The molecule has 0 aliphatic heterocycles. The molecular weight excluding hydrogens is 338 g/mol. The maximum Gasteiger partial charge on any atom is 0.223 e. The summed E-state index contributed by atoms with van der Waals surface area (Å²) in [6, 6.07) is 5.84. The molecule has 0 fully saturated rings. The van der Waals surface area contributed by atoms with E-state index in [0.29, 0.717) is 18.3 Å². The fourth-order valence-electron chi connectivity index (χ4n) is 1.72. The smallest absolute Gasteiger partial charge is 0.223 e. The number of nitrogens with one attached hydrogen (secondary N) is 1. The second kappa shape index (κ2) is 8.11. The van der Waals surface area contributed by atoms with E-state index in [-0.39, 0.29) is 6.61 Å². The molecule has 0 amide bonds. The minimum atomic E-state index is 0.287. The zero-order valence-corrected chi connectivity index (χ0v) is 13.6. The van der Waals surface area contributed by atoms with Crippen molar-refractivity contribution in [1.29, 1.82) is 0 Å². The highest BCUT2D eigenvalue weighted by atomic mass is 79.9. The van der Waals surface area contributed by atoms with E-state index in [9.17, 15) is 0 Å². The summed E-state index contributed by atoms with van der Waals surface area (Å²) in [5.41, 5.74) is 1.12. The lowest BCUT2D eigenvalue weighted by Crippen LogP contribution is -2.18. The number of hydrogen-bond acceptors (Lipinski definition) is 6. The molecule has 0 radical (unpaired) electrons. The molecule has 0 atom stereocenters. The predicted molar refractivity (Wildman–Crippen MR) is 81.1 cm³/mol. The molecular formula is C14H18BrN3O3. The maximum absolute atomic E-state index is 5.67. The average molecular weight is 356 g/mol. The maximum atomic E-state index is 5.67. The van der Waals surface area contributed by atoms with Crippen molar-refractivity contribution in [1.82, 2.24) is 15.5 Å². The Morgan fingerprint density at radius 1 is 1.38 bits per heavy atom. The third-order valence-corrected chi connectivity index (χ3v) is 3.53. The average Bonchev–Trinajstić information content (AvgIpc) is 2.89. The first-order valence-electron chi connectivity index (χ1n) is 6.59. The van der Waals surface area contributed by atoms with Crippen LogP contribution in [-0.4, -0.2) is 30.4 Å². The lowest BCUT2D eigenvalue weighted by molar-refractivity contribution is 0.199. The van der Waals surface area contributed by atoms with Crippen LogP contribution in [0.25, 0.3) is 0 Å². The van der Waals surface area contributed by atoms with Crippen LogP contribution in [-0.2, 0) is 17.9 Å². The summed E-state index contributed by atoms with van der Waals surface area (Å²) >= 11 is 3.53. The Morgan fingerprint density at radius 3 is 2.95 bits per heavy atom. The van der Waals surface area contributed by atoms with Gasteiger partial charge in [0, 0.05) is 31.6 Å². The van der Waals surface area contributed by atoms with Gasteiger partial charge >= 0.3 is 0 Å². The Morgan fingerprint density at radius 2 is 2.24 bits per heavy atom. The van der Waals surface area contributed by atoms with E-state index in [1.165, 1.54) is 0 Å². The first kappa shape index (κ1) is 15.9. The van der Waals surface area contributed by atoms with E-state index in [2.05, 4.69) is 31.4 Å². The van der Waals surface area contributed by atoms with Gasteiger partial charge in [-0.25, -0.2) is 0 Å². The third kappa shape index (κ3) is 5.11. The number of aryl methyl sites for hydroxylation is 1. The van der Waals surface area contributed by atoms with Gasteiger partial charge in [0.05, 0.1) is 6.61 Å². The third-order valence-electron chi connectivity index (χ3n) is 2.75. The van der Waals surface area contributed by atoms with Gasteiger partial charge in [-0.3, -0.25) is 0 Å². The summed E-state index contributed by atoms with van der Waals surface area (Å²) in [6.07, 6.45) is 0. The molecule has 0 saturated heterocycles. The van der Waals surface area contributed by atoms with Crippen LogP contribution in [0.1, 0.15) is 17.3 Å². The van der Waals surface area contributed by atoms with Crippen molar-refractivity contribution >= 4 is 15.9 Å². The molecule has 1 aromatic carbocycles. The molecule has 2 rings (SSSR count). The number of rotatable bonds is 8. The Balaban J connectivity index is 1.91. The molecule has 0 aliphatic carbocycles. The molecule has 0 aliphatic rings. The largest absolute Gasteiger partial charge is 0.485 e. The number of halogens is 1. The summed E-state index contributed by atoms with van der Waals surface area (Å²) in [5, 5.41) is 7.09. The number of ether oxygens (including phenoxy) is 2. The van der Waals surface area contributed by atoms with Crippen molar-refractivity contribution in [2.75, 3.05) is 20.3 Å². The van der Waals surface area contributed by atoms with Crippen LogP contribution >= 0.6 is 15.9 Å². The van der Waals surface area contributed by atoms with E-state index in [1.54, 1.807) is 14.0 Å². The molecule has 1 aromatic heterocycles. The molecule has 114 valence electrons. The van der Waals surface area contributed by atoms with E-state index >= 15 is 0 Å². The quantitative estimate of drug-likeness (QED) is 0.733. The summed E-state index contributed by atoms with van der Waals surface area (Å²) in [7, 11) is 1.69. The molecule has 7 heteroatoms. The summed E-state index contributed by atoms with van der Waals surface area (Å²) < 4.78 is 16.6. The second-order valence-electron chi connectivity index (χ2n) is 4.44. The number of hydrogen-bond donors (Lipinski definition) is 1. The van der Waals surface area contributed by atoms with Crippen molar-refractivity contribution in [3.63, 3.8) is 0 Å². The van der Waals surface area contributed by atoms with Crippen LogP contribution in [0.4, 0.5) is 0 Å². The van der Waals surface area contributed by atoms with Crippen LogP contribution in [0, 0.1) is 6.92 Å². The van der Waals surface area contributed by atoms with E-state index in [4.69, 9.17) is 14.0 Å². The van der Waals surface area contributed by atoms with Crippen LogP contribution in [0.15, 0.2) is 27.2 Å². The first-order valence-corrected chi connectivity index (χ1v) is 7.38. The van der Waals surface area contributed by atoms with Crippen molar-refractivity contribution < 1.29 is 14.0 Å². The van der Waals surface area contributed by atoms with Crippen LogP contribution in [0.2, 0.25) is 0 Å². The van der Waals surface area contributed by atoms with E-state index in [0.717, 1.165) is 28.9 Å². The van der Waals surface area contributed by atoms with Crippen molar-refractivity contribution in [2.45, 2.75) is 20.1 Å². The summed E-state index contributed by atoms with van der Waals surface area (Å²) in [4.78, 5) is 4.10. The normalized spacial score (nSPS) is 10.8. The molecule has 0 unspecified atom stereocenters. The van der Waals surface area contributed by atoms with Crippen LogP contribution in [0.3, 0.4) is 0 Å². The summed E-state index contributed by atoms with van der Waals surface area (Å²) in [6.45, 7) is 4.26. The highest BCUT2D eigenvalue weighted by Gasteiger charge is 2.06. The summed E-state index contributed by atoms with van der Waals surface area (Å²) in [5.74, 6) is 1.84. The number of benzene rings is 1. The van der Waals surface area contributed by atoms with E-state index < -0.39 is 0 Å². The Labute approximate surface area is 132 Å². The number of methoxy groups -OCH3 is 1. The lowest BCUT2D eigenvalue weighted by atomic mass is 10.2. The molecule has 2 aromatic rings. The van der Waals surface area contributed by atoms with Gasteiger partial charge in [-0.15, -0.1) is 0 Å².